The van der Waals surface area contributed by atoms with Crippen LogP contribution in [-0.4, -0.2) is 23.2 Å². The van der Waals surface area contributed by atoms with Gasteiger partial charge < -0.3 is 16.2 Å². The molecule has 1 saturated carbocycles. The summed E-state index contributed by atoms with van der Waals surface area (Å²) in [7, 11) is 0. The molecule has 174 valence electrons. The SMILES string of the molecule is CC(C)(C)c1cccc(C2(NC(Cc3cc(F)cc(F)c3)C(O)C(N)=O)CCCCC2)c1. The zero-order valence-electron chi connectivity index (χ0n) is 19.1. The number of hydrogen-bond acceptors (Lipinski definition) is 3. The number of carbonyl (C=O) groups is 1. The highest BCUT2D eigenvalue weighted by atomic mass is 19.1. The predicted octanol–water partition coefficient (Wildman–Crippen LogP) is 4.47. The van der Waals surface area contributed by atoms with Crippen LogP contribution in [-0.2, 0) is 22.2 Å². The molecule has 0 spiro atoms. The van der Waals surface area contributed by atoms with Crippen molar-refractivity contribution in [1.82, 2.24) is 5.32 Å². The maximum absolute atomic E-state index is 13.8. The van der Waals surface area contributed by atoms with Crippen molar-refractivity contribution < 1.29 is 18.7 Å². The standard InChI is InChI=1S/C26H34F2N2O2/c1-25(2,3)18-8-7-9-19(15-18)26(10-5-4-6-11-26)30-22(23(31)24(29)32)14-17-12-20(27)16-21(28)13-17/h7-9,12-13,15-16,22-23,30-31H,4-6,10-11,14H2,1-3H3,(H2,29,32). The number of rotatable bonds is 7. The van der Waals surface area contributed by atoms with Crippen molar-refractivity contribution in [2.24, 2.45) is 5.73 Å². The smallest absolute Gasteiger partial charge is 0.247 e. The third kappa shape index (κ3) is 5.73. The van der Waals surface area contributed by atoms with E-state index in [0.717, 1.165) is 43.7 Å². The van der Waals surface area contributed by atoms with Crippen LogP contribution in [0.1, 0.15) is 69.6 Å². The zero-order valence-corrected chi connectivity index (χ0v) is 19.1. The van der Waals surface area contributed by atoms with Crippen LogP contribution in [0, 0.1) is 11.6 Å². The Bertz CT molecular complexity index is 929. The number of nitrogens with two attached hydrogens (primary N) is 1. The molecule has 3 rings (SSSR count). The molecule has 2 aromatic rings. The van der Waals surface area contributed by atoms with E-state index in [2.05, 4.69) is 44.3 Å². The molecule has 0 radical (unpaired) electrons. The van der Waals surface area contributed by atoms with Crippen LogP contribution < -0.4 is 11.1 Å². The monoisotopic (exact) mass is 444 g/mol. The Hall–Kier alpha value is -2.31. The highest BCUT2D eigenvalue weighted by Crippen LogP contribution is 2.39. The summed E-state index contributed by atoms with van der Waals surface area (Å²) in [5.74, 6) is -2.26. The number of aliphatic hydroxyl groups is 1. The van der Waals surface area contributed by atoms with Crippen molar-refractivity contribution in [3.05, 3.63) is 70.8 Å². The van der Waals surface area contributed by atoms with Gasteiger partial charge in [-0.05, 0) is 53.5 Å². The summed E-state index contributed by atoms with van der Waals surface area (Å²) < 4.78 is 27.6. The summed E-state index contributed by atoms with van der Waals surface area (Å²) in [6, 6.07) is 10.9. The first-order chi connectivity index (χ1) is 15.0. The first-order valence-electron chi connectivity index (χ1n) is 11.3. The van der Waals surface area contributed by atoms with Crippen LogP contribution in [0.15, 0.2) is 42.5 Å². The number of primary amides is 1. The minimum atomic E-state index is -1.49. The summed E-state index contributed by atoms with van der Waals surface area (Å²) >= 11 is 0. The highest BCUT2D eigenvalue weighted by Gasteiger charge is 2.39. The van der Waals surface area contributed by atoms with E-state index in [0.29, 0.717) is 5.56 Å². The topological polar surface area (TPSA) is 75.3 Å². The molecule has 0 aliphatic heterocycles. The Labute approximate surface area is 189 Å². The van der Waals surface area contributed by atoms with Gasteiger partial charge in [0.1, 0.15) is 17.7 Å². The van der Waals surface area contributed by atoms with E-state index in [-0.39, 0.29) is 11.8 Å². The van der Waals surface area contributed by atoms with Crippen LogP contribution in [0.5, 0.6) is 0 Å². The van der Waals surface area contributed by atoms with Gasteiger partial charge >= 0.3 is 0 Å². The number of nitrogens with one attached hydrogen (secondary N) is 1. The molecule has 2 unspecified atom stereocenters. The van der Waals surface area contributed by atoms with E-state index < -0.39 is 35.2 Å². The van der Waals surface area contributed by atoms with Crippen LogP contribution in [0.3, 0.4) is 0 Å². The fourth-order valence-corrected chi connectivity index (χ4v) is 4.73. The highest BCUT2D eigenvalue weighted by molar-refractivity contribution is 5.79. The molecule has 1 aliphatic carbocycles. The molecule has 0 aromatic heterocycles. The fraction of sp³-hybridized carbons (Fsp3) is 0.500. The van der Waals surface area contributed by atoms with E-state index in [4.69, 9.17) is 5.73 Å². The lowest BCUT2D eigenvalue weighted by Gasteiger charge is -2.43. The van der Waals surface area contributed by atoms with E-state index >= 15 is 0 Å². The summed E-state index contributed by atoms with van der Waals surface area (Å²) in [6.07, 6.45) is 3.35. The maximum atomic E-state index is 13.8. The third-order valence-electron chi connectivity index (χ3n) is 6.50. The first kappa shape index (κ1) is 24.3. The molecule has 2 atom stereocenters. The quantitative estimate of drug-likeness (QED) is 0.590. The average molecular weight is 445 g/mol. The van der Waals surface area contributed by atoms with Gasteiger partial charge in [-0.3, -0.25) is 4.79 Å². The van der Waals surface area contributed by atoms with Gasteiger partial charge in [0.15, 0.2) is 0 Å². The molecule has 32 heavy (non-hydrogen) atoms. The van der Waals surface area contributed by atoms with Gasteiger partial charge in [0.05, 0.1) is 0 Å². The second kappa shape index (κ2) is 9.67. The van der Waals surface area contributed by atoms with Gasteiger partial charge in [0.2, 0.25) is 5.91 Å². The molecule has 1 fully saturated rings. The number of amides is 1. The predicted molar refractivity (Wildman–Crippen MR) is 122 cm³/mol. The molecule has 6 heteroatoms. The lowest BCUT2D eigenvalue weighted by Crippen LogP contribution is -2.57. The van der Waals surface area contributed by atoms with E-state index in [1.54, 1.807) is 0 Å². The zero-order chi connectivity index (χ0) is 23.5. The minimum absolute atomic E-state index is 0.0307. The average Bonchev–Trinajstić information content (AvgIpc) is 2.72. The molecular formula is C26H34F2N2O2. The maximum Gasteiger partial charge on any atom is 0.247 e. The molecule has 1 amide bonds. The van der Waals surface area contributed by atoms with Crippen molar-refractivity contribution in [3.8, 4) is 0 Å². The molecular weight excluding hydrogens is 410 g/mol. The fourth-order valence-electron chi connectivity index (χ4n) is 4.73. The van der Waals surface area contributed by atoms with Gasteiger partial charge in [0, 0.05) is 17.6 Å². The van der Waals surface area contributed by atoms with E-state index in [1.165, 1.54) is 17.7 Å². The number of hydrogen-bond donors (Lipinski definition) is 3. The Kier molecular flexibility index (Phi) is 7.36. The Balaban J connectivity index is 2.00. The van der Waals surface area contributed by atoms with E-state index in [1.807, 2.05) is 6.07 Å². The van der Waals surface area contributed by atoms with Crippen LogP contribution >= 0.6 is 0 Å². The van der Waals surface area contributed by atoms with Gasteiger partial charge in [0.25, 0.3) is 0 Å². The second-order valence-corrected chi connectivity index (χ2v) is 10.1. The number of benzene rings is 2. The normalized spacial score (nSPS) is 18.2. The summed E-state index contributed by atoms with van der Waals surface area (Å²) in [4.78, 5) is 11.9. The third-order valence-corrected chi connectivity index (χ3v) is 6.50. The first-order valence-corrected chi connectivity index (χ1v) is 11.3. The molecule has 4 nitrogen and oxygen atoms in total. The lowest BCUT2D eigenvalue weighted by molar-refractivity contribution is -0.127. The van der Waals surface area contributed by atoms with Gasteiger partial charge in [-0.15, -0.1) is 0 Å². The van der Waals surface area contributed by atoms with Crippen molar-refractivity contribution in [2.75, 3.05) is 0 Å². The lowest BCUT2D eigenvalue weighted by atomic mass is 9.74. The van der Waals surface area contributed by atoms with Crippen LogP contribution in [0.4, 0.5) is 8.78 Å². The van der Waals surface area contributed by atoms with Crippen molar-refractivity contribution in [1.29, 1.82) is 0 Å². The number of aliphatic hydroxyl groups excluding tert-OH is 1. The Morgan fingerprint density at radius 1 is 1.09 bits per heavy atom. The number of carbonyl (C=O) groups excluding carboxylic acids is 1. The molecule has 0 saturated heterocycles. The summed E-state index contributed by atoms with van der Waals surface area (Å²) in [6.45, 7) is 6.47. The largest absolute Gasteiger partial charge is 0.382 e. The molecule has 4 N–H and O–H groups in total. The molecule has 2 aromatic carbocycles. The van der Waals surface area contributed by atoms with Crippen LogP contribution in [0.2, 0.25) is 0 Å². The van der Waals surface area contributed by atoms with Crippen molar-refractivity contribution >= 4 is 5.91 Å². The Morgan fingerprint density at radius 3 is 2.28 bits per heavy atom. The minimum Gasteiger partial charge on any atom is -0.382 e. The molecule has 1 aliphatic rings. The van der Waals surface area contributed by atoms with Gasteiger partial charge in [-0.2, -0.15) is 0 Å². The van der Waals surface area contributed by atoms with E-state index in [9.17, 15) is 18.7 Å². The number of halogens is 2. The summed E-state index contributed by atoms with van der Waals surface area (Å²) in [5, 5.41) is 14.2. The molecule has 0 heterocycles. The van der Waals surface area contributed by atoms with Gasteiger partial charge in [-0.25, -0.2) is 8.78 Å². The van der Waals surface area contributed by atoms with Gasteiger partial charge in [-0.1, -0.05) is 64.3 Å². The Morgan fingerprint density at radius 2 is 1.72 bits per heavy atom. The van der Waals surface area contributed by atoms with Crippen molar-refractivity contribution in [2.45, 2.75) is 82.4 Å². The molecule has 0 bridgehead atoms. The van der Waals surface area contributed by atoms with Crippen molar-refractivity contribution in [3.63, 3.8) is 0 Å². The second-order valence-electron chi connectivity index (χ2n) is 10.1. The summed E-state index contributed by atoms with van der Waals surface area (Å²) in [5.41, 5.74) is 7.59. The van der Waals surface area contributed by atoms with Crippen LogP contribution in [0.25, 0.3) is 0 Å².